The first kappa shape index (κ1) is 12.5. The lowest BCUT2D eigenvalue weighted by Gasteiger charge is -2.18. The SMILES string of the molecule is NC1CCCc2c1[nH]c1ccc(Cc3ncccn3)cc21. The average molecular weight is 278 g/mol. The summed E-state index contributed by atoms with van der Waals surface area (Å²) in [5, 5.41) is 1.31. The summed E-state index contributed by atoms with van der Waals surface area (Å²) in [4.78, 5) is 12.1. The topological polar surface area (TPSA) is 67.6 Å². The molecule has 4 rings (SSSR count). The molecule has 0 saturated heterocycles. The second-order valence-corrected chi connectivity index (χ2v) is 5.74. The summed E-state index contributed by atoms with van der Waals surface area (Å²) in [5.74, 6) is 0.859. The van der Waals surface area contributed by atoms with Gasteiger partial charge in [-0.05, 0) is 48.6 Å². The molecule has 0 saturated carbocycles. The van der Waals surface area contributed by atoms with Gasteiger partial charge < -0.3 is 10.7 Å². The van der Waals surface area contributed by atoms with E-state index in [0.29, 0.717) is 0 Å². The maximum Gasteiger partial charge on any atom is 0.132 e. The standard InChI is InChI=1S/C17H18N4/c18-14-4-1-3-12-13-9-11(5-6-15(13)21-17(12)14)10-16-19-7-2-8-20-16/h2,5-9,14,21H,1,3-4,10,18H2. The molecular formula is C17H18N4. The van der Waals surface area contributed by atoms with Gasteiger partial charge in [-0.15, -0.1) is 0 Å². The van der Waals surface area contributed by atoms with Gasteiger partial charge in [0, 0.05) is 41.5 Å². The summed E-state index contributed by atoms with van der Waals surface area (Å²) in [6.07, 6.45) is 7.71. The molecule has 0 amide bonds. The van der Waals surface area contributed by atoms with Crippen LogP contribution in [0.2, 0.25) is 0 Å². The van der Waals surface area contributed by atoms with Gasteiger partial charge in [0.2, 0.25) is 0 Å². The Kier molecular flexibility index (Phi) is 2.97. The third kappa shape index (κ3) is 2.21. The molecule has 4 heteroatoms. The molecule has 106 valence electrons. The van der Waals surface area contributed by atoms with Gasteiger partial charge in [0.15, 0.2) is 0 Å². The van der Waals surface area contributed by atoms with Crippen molar-refractivity contribution < 1.29 is 0 Å². The number of fused-ring (bicyclic) bond motifs is 3. The molecule has 0 bridgehead atoms. The van der Waals surface area contributed by atoms with Gasteiger partial charge in [0.1, 0.15) is 5.82 Å². The van der Waals surface area contributed by atoms with Crippen LogP contribution in [0.15, 0.2) is 36.7 Å². The fourth-order valence-corrected chi connectivity index (χ4v) is 3.26. The Morgan fingerprint density at radius 3 is 2.95 bits per heavy atom. The number of aromatic amines is 1. The Morgan fingerprint density at radius 2 is 2.10 bits per heavy atom. The third-order valence-electron chi connectivity index (χ3n) is 4.30. The summed E-state index contributed by atoms with van der Waals surface area (Å²) in [7, 11) is 0. The molecule has 3 N–H and O–H groups in total. The summed E-state index contributed by atoms with van der Waals surface area (Å²) in [5.41, 5.74) is 11.3. The van der Waals surface area contributed by atoms with E-state index in [4.69, 9.17) is 5.73 Å². The zero-order valence-electron chi connectivity index (χ0n) is 11.8. The van der Waals surface area contributed by atoms with E-state index in [2.05, 4.69) is 33.2 Å². The Balaban J connectivity index is 1.76. The minimum absolute atomic E-state index is 0.155. The van der Waals surface area contributed by atoms with E-state index in [1.807, 2.05) is 6.07 Å². The van der Waals surface area contributed by atoms with E-state index in [-0.39, 0.29) is 6.04 Å². The lowest BCUT2D eigenvalue weighted by atomic mass is 9.92. The number of benzene rings is 1. The van der Waals surface area contributed by atoms with Crippen molar-refractivity contribution in [3.63, 3.8) is 0 Å². The zero-order chi connectivity index (χ0) is 14.2. The first-order chi connectivity index (χ1) is 10.3. The lowest BCUT2D eigenvalue weighted by Crippen LogP contribution is -2.16. The highest BCUT2D eigenvalue weighted by Crippen LogP contribution is 2.33. The van der Waals surface area contributed by atoms with Crippen molar-refractivity contribution in [1.29, 1.82) is 0 Å². The molecule has 1 unspecified atom stereocenters. The van der Waals surface area contributed by atoms with Crippen molar-refractivity contribution in [1.82, 2.24) is 15.0 Å². The molecule has 0 aliphatic heterocycles. The molecule has 3 aromatic rings. The van der Waals surface area contributed by atoms with E-state index in [0.717, 1.165) is 25.1 Å². The highest BCUT2D eigenvalue weighted by atomic mass is 14.8. The number of aryl methyl sites for hydroxylation is 1. The number of nitrogens with zero attached hydrogens (tertiary/aromatic N) is 2. The van der Waals surface area contributed by atoms with E-state index in [9.17, 15) is 0 Å². The highest BCUT2D eigenvalue weighted by molar-refractivity contribution is 5.85. The maximum atomic E-state index is 6.22. The van der Waals surface area contributed by atoms with Gasteiger partial charge in [-0.1, -0.05) is 6.07 Å². The predicted molar refractivity (Wildman–Crippen MR) is 83.0 cm³/mol. The van der Waals surface area contributed by atoms with Gasteiger partial charge in [0.25, 0.3) is 0 Å². The summed E-state index contributed by atoms with van der Waals surface area (Å²) >= 11 is 0. The van der Waals surface area contributed by atoms with Crippen LogP contribution in [0.5, 0.6) is 0 Å². The molecule has 1 aliphatic carbocycles. The molecule has 0 fully saturated rings. The van der Waals surface area contributed by atoms with Crippen LogP contribution in [0.4, 0.5) is 0 Å². The molecule has 1 atom stereocenters. The number of hydrogen-bond acceptors (Lipinski definition) is 3. The third-order valence-corrected chi connectivity index (χ3v) is 4.30. The summed E-state index contributed by atoms with van der Waals surface area (Å²) < 4.78 is 0. The first-order valence-corrected chi connectivity index (χ1v) is 7.46. The molecule has 4 nitrogen and oxygen atoms in total. The number of hydrogen-bond donors (Lipinski definition) is 2. The van der Waals surface area contributed by atoms with Crippen LogP contribution in [0.3, 0.4) is 0 Å². The number of aromatic nitrogens is 3. The minimum atomic E-state index is 0.155. The molecule has 21 heavy (non-hydrogen) atoms. The van der Waals surface area contributed by atoms with Crippen molar-refractivity contribution in [2.24, 2.45) is 5.73 Å². The van der Waals surface area contributed by atoms with Gasteiger partial charge in [0.05, 0.1) is 0 Å². The normalized spacial score (nSPS) is 17.9. The van der Waals surface area contributed by atoms with Crippen LogP contribution in [0.25, 0.3) is 10.9 Å². The van der Waals surface area contributed by atoms with Gasteiger partial charge in [-0.3, -0.25) is 0 Å². The van der Waals surface area contributed by atoms with Crippen molar-refractivity contribution in [3.8, 4) is 0 Å². The first-order valence-electron chi connectivity index (χ1n) is 7.46. The van der Waals surface area contributed by atoms with Crippen LogP contribution in [-0.4, -0.2) is 15.0 Å². The van der Waals surface area contributed by atoms with Crippen LogP contribution < -0.4 is 5.73 Å². The maximum absolute atomic E-state index is 6.22. The fraction of sp³-hybridized carbons (Fsp3) is 0.294. The smallest absolute Gasteiger partial charge is 0.132 e. The van der Waals surface area contributed by atoms with Crippen molar-refractivity contribution in [2.75, 3.05) is 0 Å². The Morgan fingerprint density at radius 1 is 1.24 bits per heavy atom. The van der Waals surface area contributed by atoms with Crippen LogP contribution in [0.1, 0.15) is 41.5 Å². The molecule has 1 aromatic carbocycles. The van der Waals surface area contributed by atoms with Crippen LogP contribution in [0, 0.1) is 0 Å². The zero-order valence-corrected chi connectivity index (χ0v) is 11.8. The Hall–Kier alpha value is -2.20. The molecule has 0 spiro atoms. The number of H-pyrrole nitrogens is 1. The van der Waals surface area contributed by atoms with Crippen LogP contribution in [-0.2, 0) is 12.8 Å². The van der Waals surface area contributed by atoms with E-state index in [1.165, 1.54) is 34.1 Å². The lowest BCUT2D eigenvalue weighted by molar-refractivity contribution is 0.562. The van der Waals surface area contributed by atoms with Crippen molar-refractivity contribution >= 4 is 10.9 Å². The second-order valence-electron chi connectivity index (χ2n) is 5.74. The Labute approximate surface area is 123 Å². The van der Waals surface area contributed by atoms with Gasteiger partial charge >= 0.3 is 0 Å². The van der Waals surface area contributed by atoms with Crippen molar-refractivity contribution in [3.05, 3.63) is 59.3 Å². The second kappa shape index (κ2) is 4.97. The molecule has 0 radical (unpaired) electrons. The molecule has 2 heterocycles. The van der Waals surface area contributed by atoms with Gasteiger partial charge in [-0.25, -0.2) is 9.97 Å². The summed E-state index contributed by atoms with van der Waals surface area (Å²) in [6.45, 7) is 0. The van der Waals surface area contributed by atoms with E-state index in [1.54, 1.807) is 12.4 Å². The minimum Gasteiger partial charge on any atom is -0.357 e. The molecular weight excluding hydrogens is 260 g/mol. The predicted octanol–water partition coefficient (Wildman–Crippen LogP) is 2.88. The monoisotopic (exact) mass is 278 g/mol. The molecule has 2 aromatic heterocycles. The van der Waals surface area contributed by atoms with Gasteiger partial charge in [-0.2, -0.15) is 0 Å². The average Bonchev–Trinajstić information content (AvgIpc) is 2.88. The largest absolute Gasteiger partial charge is 0.357 e. The molecule has 1 aliphatic rings. The summed E-state index contributed by atoms with van der Waals surface area (Å²) in [6, 6.07) is 8.56. The van der Waals surface area contributed by atoms with Crippen LogP contribution >= 0.6 is 0 Å². The number of nitrogens with one attached hydrogen (secondary N) is 1. The highest BCUT2D eigenvalue weighted by Gasteiger charge is 2.21. The van der Waals surface area contributed by atoms with E-state index >= 15 is 0 Å². The van der Waals surface area contributed by atoms with E-state index < -0.39 is 0 Å². The fourth-order valence-electron chi connectivity index (χ4n) is 3.26. The number of nitrogens with two attached hydrogens (primary N) is 1. The Bertz CT molecular complexity index is 776. The van der Waals surface area contributed by atoms with Crippen molar-refractivity contribution in [2.45, 2.75) is 31.7 Å². The number of rotatable bonds is 2. The quantitative estimate of drug-likeness (QED) is 0.757.